The summed E-state index contributed by atoms with van der Waals surface area (Å²) in [5.41, 5.74) is -2.43. The predicted molar refractivity (Wildman–Crippen MR) is 156 cm³/mol. The van der Waals surface area contributed by atoms with Crippen LogP contribution in [-0.2, 0) is 42.1 Å². The predicted octanol–water partition coefficient (Wildman–Crippen LogP) is -2.16. The van der Waals surface area contributed by atoms with Crippen LogP contribution in [0.15, 0.2) is 31.6 Å². The third-order valence-electron chi connectivity index (χ3n) is 7.44. The van der Waals surface area contributed by atoms with Crippen LogP contribution in [-0.4, -0.2) is 98.6 Å². The van der Waals surface area contributed by atoms with Gasteiger partial charge in [0.25, 0.3) is 11.1 Å². The summed E-state index contributed by atoms with van der Waals surface area (Å²) in [5.74, 6) is -1.73. The molecule has 5 N–H and O–H groups in total. The number of ether oxygens (including phenoxy) is 4. The van der Waals surface area contributed by atoms with Gasteiger partial charge in [-0.1, -0.05) is 0 Å². The van der Waals surface area contributed by atoms with Gasteiger partial charge in [0.2, 0.25) is 0 Å². The van der Waals surface area contributed by atoms with Crippen LogP contribution in [0.1, 0.15) is 43.3 Å². The number of nitrogens with zero attached hydrogens (tertiary/aromatic N) is 2. The second kappa shape index (κ2) is 15.0. The molecule has 2 aromatic heterocycles. The first-order chi connectivity index (χ1) is 22.2. The molecule has 2 saturated heterocycles. The van der Waals surface area contributed by atoms with Gasteiger partial charge in [0, 0.05) is 43.3 Å². The number of aryl methyl sites for hydroxylation is 2. The number of aromatic amines is 2. The maximum Gasteiger partial charge on any atom is 0.406 e. The highest BCUT2D eigenvalue weighted by Crippen LogP contribution is 2.50. The Morgan fingerprint density at radius 2 is 1.51 bits per heavy atom. The first kappa shape index (κ1) is 36.1. The van der Waals surface area contributed by atoms with Crippen LogP contribution in [0.5, 0.6) is 0 Å². The number of carbonyl (C=O) groups is 2. The number of nitrogens with one attached hydrogen (secondary N) is 3. The van der Waals surface area contributed by atoms with E-state index in [2.05, 4.69) is 19.8 Å². The van der Waals surface area contributed by atoms with Gasteiger partial charge in [-0.05, 0) is 13.8 Å². The highest BCUT2D eigenvalue weighted by molar-refractivity contribution is 7.51. The van der Waals surface area contributed by atoms with E-state index in [1.807, 2.05) is 0 Å². The van der Waals surface area contributed by atoms with Gasteiger partial charge >= 0.3 is 31.1 Å². The summed E-state index contributed by atoms with van der Waals surface area (Å²) in [6.07, 6.45) is -4.54. The van der Waals surface area contributed by atoms with E-state index in [9.17, 15) is 43.5 Å². The molecule has 0 saturated carbocycles. The quantitative estimate of drug-likeness (QED) is 0.111. The lowest BCUT2D eigenvalue weighted by Crippen LogP contribution is -2.41. The molecule has 0 aliphatic carbocycles. The summed E-state index contributed by atoms with van der Waals surface area (Å²) in [7, 11) is -3.69. The van der Waals surface area contributed by atoms with E-state index in [1.165, 1.54) is 26.2 Å². The Morgan fingerprint density at radius 1 is 0.979 bits per heavy atom. The normalized spacial score (nSPS) is 26.1. The van der Waals surface area contributed by atoms with Gasteiger partial charge in [-0.3, -0.25) is 47.3 Å². The topological polar surface area (TPSA) is 269 Å². The molecule has 0 bridgehead atoms. The first-order valence-electron chi connectivity index (χ1n) is 14.3. The number of aromatic nitrogens is 4. The van der Waals surface area contributed by atoms with Crippen molar-refractivity contribution in [2.45, 2.75) is 76.5 Å². The van der Waals surface area contributed by atoms with Crippen LogP contribution in [0, 0.1) is 13.8 Å². The lowest BCUT2D eigenvalue weighted by Gasteiger charge is -2.28. The van der Waals surface area contributed by atoms with Crippen molar-refractivity contribution < 1.29 is 52.4 Å². The van der Waals surface area contributed by atoms with E-state index < -0.39 is 105 Å². The molecule has 2 aliphatic heterocycles. The van der Waals surface area contributed by atoms with E-state index in [0.717, 1.165) is 23.2 Å². The van der Waals surface area contributed by atoms with E-state index in [0.29, 0.717) is 0 Å². The van der Waals surface area contributed by atoms with E-state index in [4.69, 9.17) is 23.3 Å². The number of hydrogen-bond donors (Lipinski definition) is 5. The van der Waals surface area contributed by atoms with Crippen molar-refractivity contribution in [1.82, 2.24) is 24.2 Å². The van der Waals surface area contributed by atoms with Gasteiger partial charge in [0.15, 0.2) is 0 Å². The van der Waals surface area contributed by atoms with Gasteiger partial charge in [-0.25, -0.2) is 19.2 Å². The lowest BCUT2D eigenvalue weighted by atomic mass is 10.2. The summed E-state index contributed by atoms with van der Waals surface area (Å²) in [5, 5.41) is 22.1. The molecule has 2 aliphatic rings. The number of hydrogen-bond acceptors (Lipinski definition) is 15. The second-order valence-corrected chi connectivity index (χ2v) is 12.6. The lowest BCUT2D eigenvalue weighted by molar-refractivity contribution is -0.150. The largest absolute Gasteiger partial charge is 0.468 e. The Labute approximate surface area is 265 Å². The van der Waals surface area contributed by atoms with E-state index in [-0.39, 0.29) is 24.0 Å². The molecular weight excluding hydrogens is 653 g/mol. The van der Waals surface area contributed by atoms with Crippen LogP contribution in [0.2, 0.25) is 0 Å². The molecule has 0 radical (unpaired) electrons. The number of aliphatic hydroxyl groups is 2. The fourth-order valence-electron chi connectivity index (χ4n) is 5.05. The molecule has 20 nitrogen and oxygen atoms in total. The number of aliphatic hydroxyl groups excluding tert-OH is 2. The summed E-state index contributed by atoms with van der Waals surface area (Å²) < 4.78 is 49.4. The third kappa shape index (κ3) is 8.40. The molecule has 4 heterocycles. The number of methoxy groups -OCH3 is 1. The summed E-state index contributed by atoms with van der Waals surface area (Å²) in [6, 6.07) is -1.62. The SMILES string of the molecule is COC(=O)[C@H](CO)NP(=O)(OC[C@H]1O[C@@H](n2cc(C)c(=O)[nH]c2=O)C[C@@H]1OC(C)=O)O[C@H]1C[C@H](n2cc(C)c(=O)[nH]c2=O)O[C@@H]1CO. The van der Waals surface area contributed by atoms with Crippen LogP contribution in [0.4, 0.5) is 0 Å². The minimum absolute atomic E-state index is 0.0723. The van der Waals surface area contributed by atoms with Gasteiger partial charge in [0.05, 0.1) is 26.9 Å². The van der Waals surface area contributed by atoms with Crippen molar-refractivity contribution in [2.24, 2.45) is 0 Å². The number of rotatable bonds is 13. The standard InChI is InChI=1S/C26H36N5O15P/c1-12-7-30(25(38)27-22(12)35)20-5-16(43-14(3)34)19(45-20)11-42-47(40,29-15(9-32)24(37)41-4)46-17-6-21(44-18(17)10-33)31-8-13(2)23(36)28-26(31)39/h7-8,15-21,32-33H,5-6,9-11H2,1-4H3,(H,29,40)(H,27,35,38)(H,28,36,39)/t15-,16-,17-,18+,19+,20+,21+,47?/m0/s1. The first-order valence-corrected chi connectivity index (χ1v) is 15.8. The molecule has 260 valence electrons. The molecule has 0 aromatic carbocycles. The zero-order valence-electron chi connectivity index (χ0n) is 25.8. The smallest absolute Gasteiger partial charge is 0.406 e. The number of carbonyl (C=O) groups excluding carboxylic acids is 2. The molecular formula is C26H36N5O15P. The van der Waals surface area contributed by atoms with Crippen LogP contribution in [0.25, 0.3) is 0 Å². The van der Waals surface area contributed by atoms with Crippen molar-refractivity contribution in [2.75, 3.05) is 26.9 Å². The van der Waals surface area contributed by atoms with Crippen molar-refractivity contribution >= 4 is 19.7 Å². The molecule has 2 aromatic rings. The molecule has 4 rings (SSSR count). The molecule has 0 spiro atoms. The molecule has 2 fully saturated rings. The molecule has 0 amide bonds. The average Bonchev–Trinajstić information content (AvgIpc) is 3.61. The van der Waals surface area contributed by atoms with Gasteiger partial charge in [-0.15, -0.1) is 0 Å². The minimum atomic E-state index is -4.72. The second-order valence-electron chi connectivity index (χ2n) is 10.8. The van der Waals surface area contributed by atoms with E-state index in [1.54, 1.807) is 0 Å². The highest BCUT2D eigenvalue weighted by atomic mass is 31.2. The zero-order chi connectivity index (χ0) is 34.6. The van der Waals surface area contributed by atoms with Crippen LogP contribution in [0.3, 0.4) is 0 Å². The molecule has 47 heavy (non-hydrogen) atoms. The molecule has 8 atom stereocenters. The summed E-state index contributed by atoms with van der Waals surface area (Å²) in [6.45, 7) is 1.86. The number of H-pyrrole nitrogens is 2. The van der Waals surface area contributed by atoms with Gasteiger partial charge in [0.1, 0.15) is 42.9 Å². The minimum Gasteiger partial charge on any atom is -0.468 e. The van der Waals surface area contributed by atoms with Gasteiger partial charge < -0.3 is 29.2 Å². The maximum absolute atomic E-state index is 14.2. The fourth-order valence-corrected chi connectivity index (χ4v) is 6.74. The van der Waals surface area contributed by atoms with Crippen molar-refractivity contribution in [3.05, 3.63) is 65.2 Å². The van der Waals surface area contributed by atoms with E-state index >= 15 is 0 Å². The third-order valence-corrected chi connectivity index (χ3v) is 9.10. The summed E-state index contributed by atoms with van der Waals surface area (Å²) >= 11 is 0. The Kier molecular flexibility index (Phi) is 11.5. The van der Waals surface area contributed by atoms with Crippen LogP contribution < -0.4 is 27.6 Å². The summed E-state index contributed by atoms with van der Waals surface area (Å²) in [4.78, 5) is 77.1. The van der Waals surface area contributed by atoms with Crippen molar-refractivity contribution in [3.8, 4) is 0 Å². The van der Waals surface area contributed by atoms with Gasteiger partial charge in [-0.2, -0.15) is 0 Å². The number of esters is 2. The Hall–Kier alpha value is -3.75. The average molecular weight is 690 g/mol. The van der Waals surface area contributed by atoms with Crippen LogP contribution >= 0.6 is 7.75 Å². The highest BCUT2D eigenvalue weighted by Gasteiger charge is 2.46. The molecule has 21 heteroatoms. The Morgan fingerprint density at radius 3 is 2.00 bits per heavy atom. The maximum atomic E-state index is 14.2. The Balaban J connectivity index is 1.60. The Bertz CT molecular complexity index is 1750. The van der Waals surface area contributed by atoms with Crippen molar-refractivity contribution in [3.63, 3.8) is 0 Å². The zero-order valence-corrected chi connectivity index (χ0v) is 26.7. The van der Waals surface area contributed by atoms with Crippen molar-refractivity contribution in [1.29, 1.82) is 0 Å². The monoisotopic (exact) mass is 689 g/mol. The fraction of sp³-hybridized carbons (Fsp3) is 0.615. The molecule has 1 unspecified atom stereocenters.